The number of hydrogen-bond acceptors (Lipinski definition) is 4. The standard InChI is InChI=1S/C28H20ClF2N3S/c29-21-7-3-18(4-8-21)25-16-35-28-33-26-20(13-17-1-9-22(30)10-2-17)14-32-15-24(26)27(34(25)28)19-5-11-23(31)12-6-19/h1-13,16,27,32H,14-15H2/b20-13+. The molecule has 7 heteroatoms. The molecule has 0 fully saturated rings. The number of thioether (sulfide) groups is 1. The highest BCUT2D eigenvalue weighted by molar-refractivity contribution is 8.16. The molecule has 0 spiro atoms. The van der Waals surface area contributed by atoms with Crippen molar-refractivity contribution in [3.05, 3.63) is 128 Å². The lowest BCUT2D eigenvalue weighted by molar-refractivity contribution is 0.461. The fraction of sp³-hybridized carbons (Fsp3) is 0.107. The Kier molecular flexibility index (Phi) is 5.80. The zero-order chi connectivity index (χ0) is 23.9. The fourth-order valence-electron chi connectivity index (χ4n) is 4.68. The molecule has 0 bridgehead atoms. The first-order valence-electron chi connectivity index (χ1n) is 11.2. The summed E-state index contributed by atoms with van der Waals surface area (Å²) in [6.45, 7) is 1.31. The van der Waals surface area contributed by atoms with Gasteiger partial charge in [0.25, 0.3) is 0 Å². The summed E-state index contributed by atoms with van der Waals surface area (Å²) in [6.07, 6.45) is 2.05. The Morgan fingerprint density at radius 2 is 1.60 bits per heavy atom. The number of benzene rings is 3. The molecule has 0 aliphatic carbocycles. The summed E-state index contributed by atoms with van der Waals surface area (Å²) in [5.41, 5.74) is 7.05. The molecule has 1 atom stereocenters. The van der Waals surface area contributed by atoms with Crippen LogP contribution in [0.15, 0.2) is 100 Å². The highest BCUT2D eigenvalue weighted by Gasteiger charge is 2.40. The summed E-state index contributed by atoms with van der Waals surface area (Å²) < 4.78 is 27.3. The number of nitrogens with zero attached hydrogens (tertiary/aromatic N) is 2. The largest absolute Gasteiger partial charge is 0.309 e. The highest BCUT2D eigenvalue weighted by Crippen LogP contribution is 2.48. The van der Waals surface area contributed by atoms with Gasteiger partial charge in [-0.25, -0.2) is 13.8 Å². The van der Waals surface area contributed by atoms with Crippen LogP contribution < -0.4 is 5.32 Å². The van der Waals surface area contributed by atoms with E-state index in [1.54, 1.807) is 23.9 Å². The van der Waals surface area contributed by atoms with E-state index in [4.69, 9.17) is 16.6 Å². The van der Waals surface area contributed by atoms with E-state index in [2.05, 4.69) is 21.7 Å². The minimum absolute atomic E-state index is 0.153. The Morgan fingerprint density at radius 3 is 2.31 bits per heavy atom. The zero-order valence-electron chi connectivity index (χ0n) is 18.5. The lowest BCUT2D eigenvalue weighted by Crippen LogP contribution is -2.40. The van der Waals surface area contributed by atoms with E-state index in [0.29, 0.717) is 18.1 Å². The Bertz CT molecular complexity index is 1410. The summed E-state index contributed by atoms with van der Waals surface area (Å²) in [6, 6.07) is 20.7. The maximum absolute atomic E-state index is 13.8. The fourth-order valence-corrected chi connectivity index (χ4v) is 5.74. The van der Waals surface area contributed by atoms with Gasteiger partial charge in [0.2, 0.25) is 0 Å². The van der Waals surface area contributed by atoms with Gasteiger partial charge in [-0.1, -0.05) is 59.8 Å². The predicted molar refractivity (Wildman–Crippen MR) is 140 cm³/mol. The van der Waals surface area contributed by atoms with Crippen molar-refractivity contribution in [2.75, 3.05) is 13.1 Å². The number of amidine groups is 1. The molecule has 35 heavy (non-hydrogen) atoms. The summed E-state index contributed by atoms with van der Waals surface area (Å²) in [5, 5.41) is 7.16. The van der Waals surface area contributed by atoms with Crippen molar-refractivity contribution in [2.24, 2.45) is 4.99 Å². The van der Waals surface area contributed by atoms with Crippen molar-refractivity contribution < 1.29 is 8.78 Å². The smallest absolute Gasteiger partial charge is 0.174 e. The van der Waals surface area contributed by atoms with Crippen LogP contribution in [0.1, 0.15) is 22.7 Å². The van der Waals surface area contributed by atoms with Crippen molar-refractivity contribution in [1.29, 1.82) is 0 Å². The van der Waals surface area contributed by atoms with Gasteiger partial charge in [-0.05, 0) is 70.3 Å². The average molecular weight is 504 g/mol. The Labute approximate surface area is 211 Å². The summed E-state index contributed by atoms with van der Waals surface area (Å²) in [5.74, 6) is -0.530. The molecule has 3 nitrogen and oxygen atoms in total. The van der Waals surface area contributed by atoms with Gasteiger partial charge in [-0.15, -0.1) is 0 Å². The second-order valence-corrected chi connectivity index (χ2v) is 9.82. The topological polar surface area (TPSA) is 27.6 Å². The lowest BCUT2D eigenvalue weighted by Gasteiger charge is -2.40. The zero-order valence-corrected chi connectivity index (χ0v) is 20.1. The van der Waals surface area contributed by atoms with Gasteiger partial charge < -0.3 is 10.2 Å². The van der Waals surface area contributed by atoms with Crippen molar-refractivity contribution in [3.63, 3.8) is 0 Å². The molecule has 3 aliphatic rings. The number of hydrogen-bond donors (Lipinski definition) is 1. The number of rotatable bonds is 3. The molecule has 0 saturated carbocycles. The van der Waals surface area contributed by atoms with E-state index in [1.165, 1.54) is 24.3 Å². The monoisotopic (exact) mass is 503 g/mol. The van der Waals surface area contributed by atoms with E-state index in [1.807, 2.05) is 36.4 Å². The lowest BCUT2D eigenvalue weighted by atomic mass is 9.88. The normalized spacial score (nSPS) is 20.5. The molecule has 0 aromatic heterocycles. The molecule has 3 aliphatic heterocycles. The van der Waals surface area contributed by atoms with Crippen LogP contribution in [0.3, 0.4) is 0 Å². The maximum atomic E-state index is 13.8. The van der Waals surface area contributed by atoms with E-state index < -0.39 is 0 Å². The molecular weight excluding hydrogens is 484 g/mol. The molecule has 0 saturated heterocycles. The van der Waals surface area contributed by atoms with Crippen LogP contribution in [0.5, 0.6) is 0 Å². The number of fused-ring (bicyclic) bond motifs is 1. The molecule has 3 aromatic rings. The van der Waals surface area contributed by atoms with Crippen LogP contribution >= 0.6 is 23.4 Å². The summed E-state index contributed by atoms with van der Waals surface area (Å²) in [7, 11) is 0. The summed E-state index contributed by atoms with van der Waals surface area (Å²) in [4.78, 5) is 7.32. The van der Waals surface area contributed by atoms with Gasteiger partial charge >= 0.3 is 0 Å². The van der Waals surface area contributed by atoms with Gasteiger partial charge in [-0.2, -0.15) is 0 Å². The predicted octanol–water partition coefficient (Wildman–Crippen LogP) is 7.02. The van der Waals surface area contributed by atoms with Gasteiger partial charge in [0.15, 0.2) is 5.17 Å². The molecule has 1 unspecified atom stereocenters. The Hall–Kier alpha value is -3.19. The highest BCUT2D eigenvalue weighted by atomic mass is 35.5. The number of nitrogens with one attached hydrogen (secondary N) is 1. The van der Waals surface area contributed by atoms with Gasteiger partial charge in [0, 0.05) is 23.5 Å². The molecule has 174 valence electrons. The third-order valence-corrected chi connectivity index (χ3v) is 7.41. The number of aliphatic imine (C=N–C) groups is 1. The van der Waals surface area contributed by atoms with Crippen LogP contribution in [0.2, 0.25) is 5.02 Å². The molecule has 6 rings (SSSR count). The minimum Gasteiger partial charge on any atom is -0.309 e. The SMILES string of the molecule is Fc1ccc(/C=C2\CNCC3=C2N=C2SC=C(c4ccc(Cl)cc4)N2C3c2ccc(F)cc2)cc1. The molecule has 3 heterocycles. The van der Waals surface area contributed by atoms with Crippen LogP contribution in [0.25, 0.3) is 11.8 Å². The van der Waals surface area contributed by atoms with Gasteiger partial charge in [0.1, 0.15) is 11.6 Å². The van der Waals surface area contributed by atoms with Gasteiger partial charge in [-0.3, -0.25) is 0 Å². The molecular formula is C28H20ClF2N3S. The van der Waals surface area contributed by atoms with E-state index in [9.17, 15) is 8.78 Å². The van der Waals surface area contributed by atoms with Crippen LogP contribution in [0, 0.1) is 11.6 Å². The van der Waals surface area contributed by atoms with Crippen molar-refractivity contribution in [3.8, 4) is 0 Å². The quantitative estimate of drug-likeness (QED) is 0.416. The van der Waals surface area contributed by atoms with Crippen LogP contribution in [0.4, 0.5) is 8.78 Å². The first-order chi connectivity index (χ1) is 17.1. The third kappa shape index (κ3) is 4.22. The second-order valence-electron chi connectivity index (χ2n) is 8.54. The second kappa shape index (κ2) is 9.11. The van der Waals surface area contributed by atoms with E-state index in [-0.39, 0.29) is 17.7 Å². The first kappa shape index (κ1) is 22.3. The van der Waals surface area contributed by atoms with Crippen LogP contribution in [-0.2, 0) is 0 Å². The first-order valence-corrected chi connectivity index (χ1v) is 12.5. The van der Waals surface area contributed by atoms with Crippen molar-refractivity contribution in [2.45, 2.75) is 6.04 Å². The third-order valence-electron chi connectivity index (χ3n) is 6.31. The molecule has 0 radical (unpaired) electrons. The Balaban J connectivity index is 1.48. The average Bonchev–Trinajstić information content (AvgIpc) is 3.29. The Morgan fingerprint density at radius 1 is 0.914 bits per heavy atom. The van der Waals surface area contributed by atoms with E-state index in [0.717, 1.165) is 44.4 Å². The van der Waals surface area contributed by atoms with Crippen molar-refractivity contribution >= 4 is 40.3 Å². The van der Waals surface area contributed by atoms with Crippen molar-refractivity contribution in [1.82, 2.24) is 10.2 Å². The molecule has 3 aromatic carbocycles. The van der Waals surface area contributed by atoms with Crippen LogP contribution in [-0.4, -0.2) is 23.2 Å². The minimum atomic E-state index is -0.268. The molecule has 0 amide bonds. The maximum Gasteiger partial charge on any atom is 0.174 e. The molecule has 1 N–H and O–H groups in total. The van der Waals surface area contributed by atoms with Gasteiger partial charge in [0.05, 0.1) is 17.4 Å². The van der Waals surface area contributed by atoms with E-state index >= 15 is 0 Å². The summed E-state index contributed by atoms with van der Waals surface area (Å²) >= 11 is 7.71. The number of halogens is 3.